The Morgan fingerprint density at radius 2 is 2.00 bits per heavy atom. The number of nitrogens with one attached hydrogen (secondary N) is 2. The van der Waals surface area contributed by atoms with Gasteiger partial charge in [0, 0.05) is 27.3 Å². The topological polar surface area (TPSA) is 76.4 Å². The summed E-state index contributed by atoms with van der Waals surface area (Å²) in [5, 5.41) is 14.9. The van der Waals surface area contributed by atoms with E-state index in [1.54, 1.807) is 7.11 Å². The fraction of sp³-hybridized carbons (Fsp3) is 0.471. The number of aryl methyl sites for hydroxylation is 1. The van der Waals surface area contributed by atoms with Crippen LogP contribution in [0.25, 0.3) is 0 Å². The standard InChI is InChI=1S/C17H26N6O/c1-14-21-22-16(23(14)2)13-20-17(18-10-7-11-24-3)19-12-15-8-5-4-6-9-15/h4-6,8-9H,7,10-13H2,1-3H3,(H2,18,19,20). The molecule has 24 heavy (non-hydrogen) atoms. The number of nitrogens with zero attached hydrogens (tertiary/aromatic N) is 4. The zero-order valence-corrected chi connectivity index (χ0v) is 14.6. The molecule has 7 heteroatoms. The van der Waals surface area contributed by atoms with Crippen LogP contribution < -0.4 is 10.6 Å². The number of benzene rings is 1. The monoisotopic (exact) mass is 330 g/mol. The van der Waals surface area contributed by atoms with E-state index >= 15 is 0 Å². The van der Waals surface area contributed by atoms with Crippen LogP contribution >= 0.6 is 0 Å². The Labute approximate surface area is 143 Å². The van der Waals surface area contributed by atoms with Crippen molar-refractivity contribution in [2.45, 2.75) is 26.4 Å². The highest BCUT2D eigenvalue weighted by atomic mass is 16.5. The van der Waals surface area contributed by atoms with E-state index in [0.717, 1.165) is 37.2 Å². The molecule has 2 aromatic rings. The van der Waals surface area contributed by atoms with Gasteiger partial charge in [-0.25, -0.2) is 4.99 Å². The summed E-state index contributed by atoms with van der Waals surface area (Å²) in [6.45, 7) is 4.65. The fourth-order valence-corrected chi connectivity index (χ4v) is 2.12. The molecule has 0 saturated carbocycles. The molecule has 1 heterocycles. The first-order valence-electron chi connectivity index (χ1n) is 8.10. The predicted molar refractivity (Wildman–Crippen MR) is 94.7 cm³/mol. The summed E-state index contributed by atoms with van der Waals surface area (Å²) in [6.07, 6.45) is 0.922. The lowest BCUT2D eigenvalue weighted by Crippen LogP contribution is -2.38. The number of guanidine groups is 1. The average Bonchev–Trinajstić information content (AvgIpc) is 2.93. The zero-order valence-electron chi connectivity index (χ0n) is 14.6. The van der Waals surface area contributed by atoms with Gasteiger partial charge < -0.3 is 19.9 Å². The number of aromatic nitrogens is 3. The summed E-state index contributed by atoms with van der Waals surface area (Å²) >= 11 is 0. The van der Waals surface area contributed by atoms with E-state index in [9.17, 15) is 0 Å². The molecule has 2 rings (SSSR count). The minimum absolute atomic E-state index is 0.572. The number of ether oxygens (including phenoxy) is 1. The summed E-state index contributed by atoms with van der Waals surface area (Å²) in [7, 11) is 3.66. The van der Waals surface area contributed by atoms with E-state index in [4.69, 9.17) is 4.74 Å². The fourth-order valence-electron chi connectivity index (χ4n) is 2.12. The molecule has 7 nitrogen and oxygen atoms in total. The molecule has 0 bridgehead atoms. The molecule has 0 spiro atoms. The van der Waals surface area contributed by atoms with Crippen molar-refractivity contribution in [2.24, 2.45) is 12.0 Å². The zero-order chi connectivity index (χ0) is 17.2. The van der Waals surface area contributed by atoms with Crippen molar-refractivity contribution >= 4 is 5.96 Å². The predicted octanol–water partition coefficient (Wildman–Crippen LogP) is 1.40. The summed E-state index contributed by atoms with van der Waals surface area (Å²) in [5.74, 6) is 2.52. The van der Waals surface area contributed by atoms with Crippen molar-refractivity contribution in [3.63, 3.8) is 0 Å². The van der Waals surface area contributed by atoms with Gasteiger partial charge in [0.1, 0.15) is 5.82 Å². The second-order valence-electron chi connectivity index (χ2n) is 5.50. The summed E-state index contributed by atoms with van der Waals surface area (Å²) < 4.78 is 7.04. The summed E-state index contributed by atoms with van der Waals surface area (Å²) in [5.41, 5.74) is 1.17. The third-order valence-corrected chi connectivity index (χ3v) is 3.68. The van der Waals surface area contributed by atoms with Gasteiger partial charge in [-0.1, -0.05) is 30.3 Å². The number of hydrogen-bond acceptors (Lipinski definition) is 4. The van der Waals surface area contributed by atoms with Gasteiger partial charge in [0.15, 0.2) is 11.8 Å². The molecule has 0 amide bonds. The highest BCUT2D eigenvalue weighted by Crippen LogP contribution is 2.00. The van der Waals surface area contributed by atoms with Crippen LogP contribution in [0.3, 0.4) is 0 Å². The molecule has 0 saturated heterocycles. The Morgan fingerprint density at radius 1 is 1.21 bits per heavy atom. The summed E-state index contributed by atoms with van der Waals surface area (Å²) in [6, 6.07) is 10.2. The highest BCUT2D eigenvalue weighted by molar-refractivity contribution is 5.79. The second-order valence-corrected chi connectivity index (χ2v) is 5.50. The van der Waals surface area contributed by atoms with Crippen LogP contribution in [0.5, 0.6) is 0 Å². The minimum atomic E-state index is 0.572. The number of rotatable bonds is 8. The molecular weight excluding hydrogens is 304 g/mol. The largest absolute Gasteiger partial charge is 0.385 e. The Morgan fingerprint density at radius 3 is 2.67 bits per heavy atom. The number of aliphatic imine (C=N–C) groups is 1. The molecule has 0 unspecified atom stereocenters. The molecule has 0 aliphatic carbocycles. The van der Waals surface area contributed by atoms with E-state index in [1.165, 1.54) is 5.56 Å². The van der Waals surface area contributed by atoms with Gasteiger partial charge in [0.05, 0.1) is 13.1 Å². The maximum Gasteiger partial charge on any atom is 0.191 e. The van der Waals surface area contributed by atoms with E-state index in [2.05, 4.69) is 38.0 Å². The first-order chi connectivity index (χ1) is 11.7. The second kappa shape index (κ2) is 9.67. The van der Waals surface area contributed by atoms with Crippen LogP contribution in [-0.4, -0.2) is 41.0 Å². The smallest absolute Gasteiger partial charge is 0.191 e. The van der Waals surface area contributed by atoms with Crippen molar-refractivity contribution < 1.29 is 4.74 Å². The van der Waals surface area contributed by atoms with Crippen molar-refractivity contribution in [2.75, 3.05) is 20.3 Å². The first kappa shape index (κ1) is 17.9. The van der Waals surface area contributed by atoms with Crippen molar-refractivity contribution in [3.05, 3.63) is 47.5 Å². The summed E-state index contributed by atoms with van der Waals surface area (Å²) in [4.78, 5) is 4.64. The molecule has 0 fully saturated rings. The van der Waals surface area contributed by atoms with E-state index in [0.29, 0.717) is 13.1 Å². The minimum Gasteiger partial charge on any atom is -0.385 e. The molecule has 0 radical (unpaired) electrons. The molecule has 1 aromatic heterocycles. The van der Waals surface area contributed by atoms with Gasteiger partial charge in [0.2, 0.25) is 0 Å². The highest BCUT2D eigenvalue weighted by Gasteiger charge is 2.06. The van der Waals surface area contributed by atoms with Crippen LogP contribution in [-0.2, 0) is 24.9 Å². The molecule has 2 N–H and O–H groups in total. The Hall–Kier alpha value is -2.41. The number of hydrogen-bond donors (Lipinski definition) is 2. The van der Waals surface area contributed by atoms with Crippen molar-refractivity contribution in [1.29, 1.82) is 0 Å². The quantitative estimate of drug-likeness (QED) is 0.435. The van der Waals surface area contributed by atoms with Gasteiger partial charge in [-0.2, -0.15) is 0 Å². The lowest BCUT2D eigenvalue weighted by atomic mass is 10.2. The molecule has 0 aliphatic rings. The van der Waals surface area contributed by atoms with Crippen LogP contribution in [0.1, 0.15) is 23.6 Å². The molecular formula is C17H26N6O. The maximum absolute atomic E-state index is 5.08. The van der Waals surface area contributed by atoms with Crippen LogP contribution in [0.2, 0.25) is 0 Å². The number of methoxy groups -OCH3 is 1. The molecule has 0 aliphatic heterocycles. The van der Waals surface area contributed by atoms with Gasteiger partial charge in [-0.05, 0) is 18.9 Å². The van der Waals surface area contributed by atoms with Gasteiger partial charge >= 0.3 is 0 Å². The average molecular weight is 330 g/mol. The normalized spacial score (nSPS) is 11.5. The lowest BCUT2D eigenvalue weighted by Gasteiger charge is -2.12. The van der Waals surface area contributed by atoms with Crippen LogP contribution in [0.15, 0.2) is 35.3 Å². The van der Waals surface area contributed by atoms with E-state index in [1.807, 2.05) is 36.7 Å². The SMILES string of the molecule is COCCCNC(=NCc1ccccc1)NCc1nnc(C)n1C. The van der Waals surface area contributed by atoms with Crippen molar-refractivity contribution in [1.82, 2.24) is 25.4 Å². The Kier molecular flexibility index (Phi) is 7.22. The van der Waals surface area contributed by atoms with E-state index in [-0.39, 0.29) is 0 Å². The third kappa shape index (κ3) is 5.66. The van der Waals surface area contributed by atoms with Gasteiger partial charge in [-0.3, -0.25) is 0 Å². The molecule has 0 atom stereocenters. The third-order valence-electron chi connectivity index (χ3n) is 3.68. The van der Waals surface area contributed by atoms with Crippen LogP contribution in [0, 0.1) is 6.92 Å². The molecule has 130 valence electrons. The molecule has 1 aromatic carbocycles. The lowest BCUT2D eigenvalue weighted by molar-refractivity contribution is 0.195. The Bertz CT molecular complexity index is 638. The van der Waals surface area contributed by atoms with Gasteiger partial charge in [0.25, 0.3) is 0 Å². The first-order valence-corrected chi connectivity index (χ1v) is 8.10. The Balaban J connectivity index is 1.94. The maximum atomic E-state index is 5.08. The van der Waals surface area contributed by atoms with Crippen LogP contribution in [0.4, 0.5) is 0 Å². The van der Waals surface area contributed by atoms with Gasteiger partial charge in [-0.15, -0.1) is 10.2 Å². The van der Waals surface area contributed by atoms with E-state index < -0.39 is 0 Å². The van der Waals surface area contributed by atoms with Crippen molar-refractivity contribution in [3.8, 4) is 0 Å².